The fraction of sp³-hybridized carbons (Fsp3) is 0.0526. The number of hydrogen-bond donors (Lipinski definition) is 1. The van der Waals surface area contributed by atoms with Crippen LogP contribution in [-0.4, -0.2) is 15.5 Å². The monoisotopic (exact) mass is 391 g/mol. The van der Waals surface area contributed by atoms with Crippen LogP contribution in [0.25, 0.3) is 0 Å². The number of para-hydroxylation sites is 2. The van der Waals surface area contributed by atoms with Gasteiger partial charge in [-0.15, -0.1) is 0 Å². The van der Waals surface area contributed by atoms with Gasteiger partial charge < -0.3 is 9.47 Å². The minimum atomic E-state index is -4.20. The Morgan fingerprint density at radius 2 is 1.56 bits per heavy atom. The smallest absolute Gasteiger partial charge is 0.264 e. The van der Waals surface area contributed by atoms with Crippen LogP contribution in [0.4, 0.5) is 14.5 Å². The first-order valence-electron chi connectivity index (χ1n) is 7.78. The third-order valence-corrected chi connectivity index (χ3v) is 5.00. The Labute approximate surface area is 155 Å². The number of methoxy groups -OCH3 is 1. The highest BCUT2D eigenvalue weighted by Crippen LogP contribution is 2.31. The predicted octanol–water partition coefficient (Wildman–Crippen LogP) is 4.57. The normalized spacial score (nSPS) is 11.1. The molecular weight excluding hydrogens is 376 g/mol. The van der Waals surface area contributed by atoms with Gasteiger partial charge in [-0.1, -0.05) is 12.1 Å². The molecule has 5 nitrogen and oxygen atoms in total. The fourth-order valence-electron chi connectivity index (χ4n) is 2.32. The third-order valence-electron chi connectivity index (χ3n) is 3.59. The van der Waals surface area contributed by atoms with E-state index in [1.54, 1.807) is 36.4 Å². The molecule has 0 aliphatic carbocycles. The molecule has 1 N–H and O–H groups in total. The maximum atomic E-state index is 13.7. The van der Waals surface area contributed by atoms with Crippen LogP contribution in [0.15, 0.2) is 71.6 Å². The largest absolute Gasteiger partial charge is 0.493 e. The molecule has 0 atom stereocenters. The standard InChI is InChI=1S/C19H15F2NO4S/c1-25-17-4-2-3-5-18(17)26-15-9-7-14(8-10-15)22-27(23,24)19-11-6-13(20)12-16(19)21/h2-12,22H,1H3. The van der Waals surface area contributed by atoms with Gasteiger partial charge in [-0.25, -0.2) is 17.2 Å². The molecule has 0 fully saturated rings. The quantitative estimate of drug-likeness (QED) is 0.669. The third kappa shape index (κ3) is 4.35. The minimum Gasteiger partial charge on any atom is -0.493 e. The van der Waals surface area contributed by atoms with E-state index >= 15 is 0 Å². The molecule has 0 aromatic heterocycles. The number of anilines is 1. The van der Waals surface area contributed by atoms with E-state index in [0.29, 0.717) is 23.3 Å². The summed E-state index contributed by atoms with van der Waals surface area (Å²) in [5.41, 5.74) is 0.200. The lowest BCUT2D eigenvalue weighted by Crippen LogP contribution is -2.14. The summed E-state index contributed by atoms with van der Waals surface area (Å²) in [6.45, 7) is 0. The number of hydrogen-bond acceptors (Lipinski definition) is 4. The van der Waals surface area contributed by atoms with Crippen molar-refractivity contribution in [2.75, 3.05) is 11.8 Å². The molecule has 27 heavy (non-hydrogen) atoms. The van der Waals surface area contributed by atoms with Gasteiger partial charge in [-0.2, -0.15) is 0 Å². The van der Waals surface area contributed by atoms with Gasteiger partial charge in [-0.05, 0) is 48.5 Å². The van der Waals surface area contributed by atoms with Crippen molar-refractivity contribution in [2.24, 2.45) is 0 Å². The molecule has 3 aromatic rings. The van der Waals surface area contributed by atoms with E-state index in [2.05, 4.69) is 4.72 Å². The Bertz CT molecular complexity index is 1050. The summed E-state index contributed by atoms with van der Waals surface area (Å²) in [5, 5.41) is 0. The molecule has 0 heterocycles. The van der Waals surface area contributed by atoms with Crippen LogP contribution in [0.1, 0.15) is 0 Å². The van der Waals surface area contributed by atoms with E-state index in [1.165, 1.54) is 19.2 Å². The van der Waals surface area contributed by atoms with Gasteiger partial charge in [0.15, 0.2) is 11.5 Å². The zero-order chi connectivity index (χ0) is 19.4. The number of ether oxygens (including phenoxy) is 2. The molecule has 0 saturated carbocycles. The number of nitrogens with one attached hydrogen (secondary N) is 1. The van der Waals surface area contributed by atoms with Crippen molar-refractivity contribution in [1.82, 2.24) is 0 Å². The average Bonchev–Trinajstić information content (AvgIpc) is 2.63. The van der Waals surface area contributed by atoms with Gasteiger partial charge in [-0.3, -0.25) is 4.72 Å². The second-order valence-electron chi connectivity index (χ2n) is 5.46. The lowest BCUT2D eigenvalue weighted by atomic mass is 10.3. The van der Waals surface area contributed by atoms with Gasteiger partial charge in [0.25, 0.3) is 10.0 Å². The Morgan fingerprint density at radius 1 is 0.889 bits per heavy atom. The minimum absolute atomic E-state index is 0.200. The molecule has 0 aliphatic rings. The van der Waals surface area contributed by atoms with E-state index in [0.717, 1.165) is 12.1 Å². The summed E-state index contributed by atoms with van der Waals surface area (Å²) < 4.78 is 64.4. The van der Waals surface area contributed by atoms with Gasteiger partial charge in [0.1, 0.15) is 22.3 Å². The molecule has 8 heteroatoms. The van der Waals surface area contributed by atoms with Crippen LogP contribution < -0.4 is 14.2 Å². The average molecular weight is 391 g/mol. The first-order valence-corrected chi connectivity index (χ1v) is 9.26. The lowest BCUT2D eigenvalue weighted by molar-refractivity contribution is 0.379. The van der Waals surface area contributed by atoms with Crippen molar-refractivity contribution in [1.29, 1.82) is 0 Å². The van der Waals surface area contributed by atoms with Crippen molar-refractivity contribution < 1.29 is 26.7 Å². The van der Waals surface area contributed by atoms with E-state index in [1.807, 2.05) is 0 Å². The number of sulfonamides is 1. The maximum Gasteiger partial charge on any atom is 0.264 e. The molecule has 0 amide bonds. The topological polar surface area (TPSA) is 64.6 Å². The Morgan fingerprint density at radius 3 is 2.19 bits per heavy atom. The molecule has 3 aromatic carbocycles. The first-order chi connectivity index (χ1) is 12.9. The lowest BCUT2D eigenvalue weighted by Gasteiger charge is -2.12. The molecule has 3 rings (SSSR count). The Balaban J connectivity index is 1.77. The van der Waals surface area contributed by atoms with Crippen LogP contribution in [0.2, 0.25) is 0 Å². The SMILES string of the molecule is COc1ccccc1Oc1ccc(NS(=O)(=O)c2ccc(F)cc2F)cc1. The highest BCUT2D eigenvalue weighted by Gasteiger charge is 2.19. The van der Waals surface area contributed by atoms with Crippen molar-refractivity contribution in [3.05, 3.63) is 78.4 Å². The second kappa shape index (κ2) is 7.63. The van der Waals surface area contributed by atoms with Crippen LogP contribution in [-0.2, 0) is 10.0 Å². The van der Waals surface area contributed by atoms with Crippen LogP contribution in [0.5, 0.6) is 17.2 Å². The molecule has 0 radical (unpaired) electrons. The number of benzene rings is 3. The zero-order valence-corrected chi connectivity index (χ0v) is 15.0. The van der Waals surface area contributed by atoms with Gasteiger partial charge in [0.05, 0.1) is 7.11 Å². The fourth-order valence-corrected chi connectivity index (χ4v) is 3.44. The number of halogens is 2. The highest BCUT2D eigenvalue weighted by atomic mass is 32.2. The van der Waals surface area contributed by atoms with Crippen LogP contribution in [0, 0.1) is 11.6 Å². The van der Waals surface area contributed by atoms with Crippen molar-refractivity contribution in [2.45, 2.75) is 4.90 Å². The van der Waals surface area contributed by atoms with Crippen LogP contribution >= 0.6 is 0 Å². The summed E-state index contributed by atoms with van der Waals surface area (Å²) in [5.74, 6) is -0.519. The summed E-state index contributed by atoms with van der Waals surface area (Å²) >= 11 is 0. The van der Waals surface area contributed by atoms with Crippen molar-refractivity contribution >= 4 is 15.7 Å². The van der Waals surface area contributed by atoms with Gasteiger partial charge >= 0.3 is 0 Å². The van der Waals surface area contributed by atoms with Gasteiger partial charge in [0.2, 0.25) is 0 Å². The van der Waals surface area contributed by atoms with Gasteiger partial charge in [0, 0.05) is 11.8 Å². The van der Waals surface area contributed by atoms with Crippen molar-refractivity contribution in [3.8, 4) is 17.2 Å². The molecule has 140 valence electrons. The van der Waals surface area contributed by atoms with E-state index in [4.69, 9.17) is 9.47 Å². The summed E-state index contributed by atoms with van der Waals surface area (Å²) in [4.78, 5) is -0.641. The molecule has 0 unspecified atom stereocenters. The predicted molar refractivity (Wildman–Crippen MR) is 96.7 cm³/mol. The summed E-state index contributed by atoms with van der Waals surface area (Å²) in [6, 6.07) is 15.3. The maximum absolute atomic E-state index is 13.7. The molecule has 0 spiro atoms. The molecule has 0 aliphatic heterocycles. The second-order valence-corrected chi connectivity index (χ2v) is 7.11. The van der Waals surface area contributed by atoms with E-state index in [9.17, 15) is 17.2 Å². The van der Waals surface area contributed by atoms with E-state index in [-0.39, 0.29) is 5.69 Å². The molecule has 0 saturated heterocycles. The summed E-state index contributed by atoms with van der Waals surface area (Å²) in [6.07, 6.45) is 0. The summed E-state index contributed by atoms with van der Waals surface area (Å²) in [7, 11) is -2.67. The zero-order valence-electron chi connectivity index (χ0n) is 14.1. The molecular formula is C19H15F2NO4S. The van der Waals surface area contributed by atoms with Crippen molar-refractivity contribution in [3.63, 3.8) is 0 Å². The first kappa shape index (κ1) is 18.7. The number of rotatable bonds is 6. The van der Waals surface area contributed by atoms with E-state index < -0.39 is 26.6 Å². The Kier molecular flexibility index (Phi) is 5.27. The van der Waals surface area contributed by atoms with Crippen LogP contribution in [0.3, 0.4) is 0 Å². The highest BCUT2D eigenvalue weighted by molar-refractivity contribution is 7.92. The molecule has 0 bridgehead atoms. The Hall–Kier alpha value is -3.13.